The van der Waals surface area contributed by atoms with Crippen molar-refractivity contribution in [3.8, 4) is 0 Å². The molecule has 0 unspecified atom stereocenters. The van der Waals surface area contributed by atoms with Gasteiger partial charge >= 0.3 is 5.97 Å². The van der Waals surface area contributed by atoms with Gasteiger partial charge in [-0.2, -0.15) is 0 Å². The molecule has 2 aromatic carbocycles. The third-order valence-electron chi connectivity index (χ3n) is 3.88. The van der Waals surface area contributed by atoms with Crippen molar-refractivity contribution in [2.24, 2.45) is 0 Å². The van der Waals surface area contributed by atoms with Crippen molar-refractivity contribution in [3.05, 3.63) is 64.2 Å². The van der Waals surface area contributed by atoms with Crippen molar-refractivity contribution in [2.75, 3.05) is 12.4 Å². The first-order valence-electron chi connectivity index (χ1n) is 7.83. The Bertz CT molecular complexity index is 765. The highest BCUT2D eigenvalue weighted by atomic mass is 32.2. The number of benzene rings is 2. The molecule has 2 aromatic rings. The van der Waals surface area contributed by atoms with Gasteiger partial charge in [0.2, 0.25) is 0 Å². The molecule has 0 saturated heterocycles. The Balaban J connectivity index is 1.85. The molecular formula is C20H22O3S. The van der Waals surface area contributed by atoms with Crippen molar-refractivity contribution < 1.29 is 14.3 Å². The van der Waals surface area contributed by atoms with E-state index in [9.17, 15) is 9.59 Å². The Hall–Kier alpha value is -2.07. The molecule has 4 heteroatoms. The molecule has 0 aromatic heterocycles. The minimum atomic E-state index is -0.377. The molecule has 0 N–H and O–H groups in total. The van der Waals surface area contributed by atoms with Crippen LogP contribution in [0.25, 0.3) is 0 Å². The summed E-state index contributed by atoms with van der Waals surface area (Å²) >= 11 is 1.44. The topological polar surface area (TPSA) is 43.4 Å². The van der Waals surface area contributed by atoms with Crippen LogP contribution in [0.1, 0.15) is 32.6 Å². The quantitative estimate of drug-likeness (QED) is 0.442. The summed E-state index contributed by atoms with van der Waals surface area (Å²) in [5.74, 6) is -0.355. The van der Waals surface area contributed by atoms with E-state index >= 15 is 0 Å². The average molecular weight is 342 g/mol. The second kappa shape index (κ2) is 8.15. The fraction of sp³-hybridized carbons (Fsp3) is 0.300. The van der Waals surface area contributed by atoms with Crippen molar-refractivity contribution in [1.29, 1.82) is 0 Å². The standard InChI is InChI=1S/C20H22O3S/c1-13-5-6-15(3)19(9-13)24-12-20(22)23-11-18(21)17-8-7-14(2)16(4)10-17/h5-10H,11-12H2,1-4H3. The zero-order valence-electron chi connectivity index (χ0n) is 14.5. The maximum atomic E-state index is 12.1. The third-order valence-corrected chi connectivity index (χ3v) is 5.01. The van der Waals surface area contributed by atoms with Crippen molar-refractivity contribution in [1.82, 2.24) is 0 Å². The van der Waals surface area contributed by atoms with Gasteiger partial charge in [0.05, 0.1) is 5.75 Å². The molecule has 0 aliphatic heterocycles. The zero-order chi connectivity index (χ0) is 17.7. The van der Waals surface area contributed by atoms with Crippen LogP contribution in [0.4, 0.5) is 0 Å². The molecule has 126 valence electrons. The zero-order valence-corrected chi connectivity index (χ0v) is 15.3. The van der Waals surface area contributed by atoms with Crippen molar-refractivity contribution in [2.45, 2.75) is 32.6 Å². The molecule has 0 amide bonds. The molecular weight excluding hydrogens is 320 g/mol. The lowest BCUT2D eigenvalue weighted by Gasteiger charge is -2.08. The van der Waals surface area contributed by atoms with Gasteiger partial charge in [-0.05, 0) is 56.5 Å². The van der Waals surface area contributed by atoms with Crippen LogP contribution in [0.3, 0.4) is 0 Å². The molecule has 0 atom stereocenters. The molecule has 0 bridgehead atoms. The fourth-order valence-electron chi connectivity index (χ4n) is 2.19. The first-order valence-corrected chi connectivity index (χ1v) is 8.81. The number of aryl methyl sites for hydroxylation is 4. The van der Waals surface area contributed by atoms with E-state index in [1.54, 1.807) is 6.07 Å². The highest BCUT2D eigenvalue weighted by Crippen LogP contribution is 2.23. The summed E-state index contributed by atoms with van der Waals surface area (Å²) in [5.41, 5.74) is 5.05. The van der Waals surface area contributed by atoms with Gasteiger partial charge in [-0.25, -0.2) is 0 Å². The average Bonchev–Trinajstić information content (AvgIpc) is 2.56. The van der Waals surface area contributed by atoms with E-state index in [1.165, 1.54) is 11.8 Å². The highest BCUT2D eigenvalue weighted by molar-refractivity contribution is 8.00. The summed E-state index contributed by atoms with van der Waals surface area (Å²) in [5, 5.41) is 0. The van der Waals surface area contributed by atoms with E-state index in [4.69, 9.17) is 4.74 Å². The Labute approximate surface area is 147 Å². The Morgan fingerprint density at radius 3 is 2.33 bits per heavy atom. The molecule has 2 rings (SSSR count). The lowest BCUT2D eigenvalue weighted by atomic mass is 10.0. The predicted octanol–water partition coefficient (Wildman–Crippen LogP) is 4.44. The van der Waals surface area contributed by atoms with Gasteiger partial charge in [0.25, 0.3) is 0 Å². The van der Waals surface area contributed by atoms with Crippen LogP contribution >= 0.6 is 11.8 Å². The highest BCUT2D eigenvalue weighted by Gasteiger charge is 2.12. The summed E-state index contributed by atoms with van der Waals surface area (Å²) in [4.78, 5) is 25.0. The molecule has 0 saturated carbocycles. The van der Waals surface area contributed by atoms with Crippen LogP contribution < -0.4 is 0 Å². The van der Waals surface area contributed by atoms with E-state index in [0.29, 0.717) is 5.56 Å². The van der Waals surface area contributed by atoms with Gasteiger partial charge < -0.3 is 4.74 Å². The lowest BCUT2D eigenvalue weighted by molar-refractivity contribution is -0.139. The largest absolute Gasteiger partial charge is 0.457 e. The van der Waals surface area contributed by atoms with E-state index in [1.807, 2.05) is 58.0 Å². The van der Waals surface area contributed by atoms with Gasteiger partial charge in [-0.1, -0.05) is 29.8 Å². The number of rotatable bonds is 6. The van der Waals surface area contributed by atoms with Crippen LogP contribution in [0, 0.1) is 27.7 Å². The number of carbonyl (C=O) groups excluding carboxylic acids is 2. The Kier molecular flexibility index (Phi) is 6.21. The summed E-state index contributed by atoms with van der Waals surface area (Å²) in [6.45, 7) is 7.77. The number of esters is 1. The predicted molar refractivity (Wildman–Crippen MR) is 97.8 cm³/mol. The molecule has 24 heavy (non-hydrogen) atoms. The second-order valence-corrected chi connectivity index (χ2v) is 6.96. The maximum Gasteiger partial charge on any atom is 0.316 e. The number of hydrogen-bond donors (Lipinski definition) is 0. The van der Waals surface area contributed by atoms with Gasteiger partial charge in [0, 0.05) is 10.5 Å². The van der Waals surface area contributed by atoms with E-state index < -0.39 is 0 Å². The number of carbonyl (C=O) groups is 2. The van der Waals surface area contributed by atoms with E-state index in [-0.39, 0.29) is 24.1 Å². The van der Waals surface area contributed by atoms with E-state index in [2.05, 4.69) is 0 Å². The Morgan fingerprint density at radius 2 is 1.62 bits per heavy atom. The number of ether oxygens (including phenoxy) is 1. The molecule has 0 aliphatic rings. The van der Waals surface area contributed by atoms with Gasteiger partial charge in [0.15, 0.2) is 12.4 Å². The molecule has 0 heterocycles. The minimum absolute atomic E-state index is 0.178. The third kappa shape index (κ3) is 4.96. The molecule has 0 spiro atoms. The smallest absolute Gasteiger partial charge is 0.316 e. The van der Waals surface area contributed by atoms with Crippen molar-refractivity contribution in [3.63, 3.8) is 0 Å². The van der Waals surface area contributed by atoms with Crippen LogP contribution in [0.15, 0.2) is 41.3 Å². The summed E-state index contributed by atoms with van der Waals surface area (Å²) in [6.07, 6.45) is 0. The van der Waals surface area contributed by atoms with Gasteiger partial charge in [-0.15, -0.1) is 11.8 Å². The number of thioether (sulfide) groups is 1. The van der Waals surface area contributed by atoms with Crippen LogP contribution in [0.5, 0.6) is 0 Å². The molecule has 0 aliphatic carbocycles. The molecule has 0 fully saturated rings. The van der Waals surface area contributed by atoms with E-state index in [0.717, 1.165) is 27.1 Å². The second-order valence-electron chi connectivity index (χ2n) is 5.94. The normalized spacial score (nSPS) is 10.5. The molecule has 3 nitrogen and oxygen atoms in total. The van der Waals surface area contributed by atoms with Gasteiger partial charge in [0.1, 0.15) is 0 Å². The Morgan fingerprint density at radius 1 is 0.917 bits per heavy atom. The summed E-state index contributed by atoms with van der Waals surface area (Å²) in [6, 6.07) is 11.6. The summed E-state index contributed by atoms with van der Waals surface area (Å²) in [7, 11) is 0. The molecule has 0 radical (unpaired) electrons. The summed E-state index contributed by atoms with van der Waals surface area (Å²) < 4.78 is 5.11. The SMILES string of the molecule is Cc1ccc(C)c(SCC(=O)OCC(=O)c2ccc(C)c(C)c2)c1. The monoisotopic (exact) mass is 342 g/mol. The van der Waals surface area contributed by atoms with Crippen LogP contribution in [-0.4, -0.2) is 24.1 Å². The van der Waals surface area contributed by atoms with Crippen LogP contribution in [0.2, 0.25) is 0 Å². The first-order chi connectivity index (χ1) is 11.4. The van der Waals surface area contributed by atoms with Crippen molar-refractivity contribution >= 4 is 23.5 Å². The number of Topliss-reactive ketones (excluding diaryl/α,β-unsaturated/α-hetero) is 1. The lowest BCUT2D eigenvalue weighted by Crippen LogP contribution is -2.15. The van der Waals surface area contributed by atoms with Gasteiger partial charge in [-0.3, -0.25) is 9.59 Å². The number of hydrogen-bond acceptors (Lipinski definition) is 4. The minimum Gasteiger partial charge on any atom is -0.457 e. The fourth-order valence-corrected chi connectivity index (χ4v) is 3.11. The van der Waals surface area contributed by atoms with Crippen LogP contribution in [-0.2, 0) is 9.53 Å². The maximum absolute atomic E-state index is 12.1. The first kappa shape index (κ1) is 18.3. The number of ketones is 1.